The van der Waals surface area contributed by atoms with E-state index in [0.717, 1.165) is 44.7 Å². The summed E-state index contributed by atoms with van der Waals surface area (Å²) in [5.74, 6) is 1.45. The lowest BCUT2D eigenvalue weighted by Crippen LogP contribution is -2.47. The lowest BCUT2D eigenvalue weighted by atomic mass is 9.96. The quantitative estimate of drug-likeness (QED) is 0.628. The van der Waals surface area contributed by atoms with Crippen molar-refractivity contribution in [3.8, 4) is 5.75 Å². The number of ether oxygens (including phenoxy) is 2. The van der Waals surface area contributed by atoms with E-state index in [4.69, 9.17) is 9.47 Å². The van der Waals surface area contributed by atoms with E-state index in [1.165, 1.54) is 19.3 Å². The Morgan fingerprint density at radius 3 is 2.56 bits per heavy atom. The second-order valence-electron chi connectivity index (χ2n) is 11.1. The monoisotopic (exact) mass is 500 g/mol. The molecule has 1 aliphatic heterocycles. The molecule has 0 saturated heterocycles. The van der Waals surface area contributed by atoms with Crippen LogP contribution in [0.2, 0.25) is 0 Å². The topological polar surface area (TPSA) is 83.1 Å². The van der Waals surface area contributed by atoms with Gasteiger partial charge < -0.3 is 25.0 Å². The number of methoxy groups -OCH3 is 1. The molecule has 1 aromatic rings. The van der Waals surface area contributed by atoms with E-state index in [0.29, 0.717) is 30.2 Å². The second kappa shape index (κ2) is 12.3. The number of hydrogen-bond donors (Lipinski definition) is 2. The highest BCUT2D eigenvalue weighted by atomic mass is 16.5. The Balaban J connectivity index is 1.53. The normalized spacial score (nSPS) is 26.8. The first-order valence-electron chi connectivity index (χ1n) is 13.7. The van der Waals surface area contributed by atoms with Gasteiger partial charge in [-0.25, -0.2) is 4.79 Å². The van der Waals surface area contributed by atoms with E-state index < -0.39 is 0 Å². The minimum Gasteiger partial charge on any atom is -0.491 e. The smallest absolute Gasteiger partial charge is 0.319 e. The molecule has 0 bridgehead atoms. The van der Waals surface area contributed by atoms with E-state index in [2.05, 4.69) is 29.4 Å². The lowest BCUT2D eigenvalue weighted by Gasteiger charge is -2.36. The molecule has 2 N–H and O–H groups in total. The summed E-state index contributed by atoms with van der Waals surface area (Å²) in [4.78, 5) is 30.4. The van der Waals surface area contributed by atoms with E-state index in [1.807, 2.05) is 6.07 Å². The first-order chi connectivity index (χ1) is 17.3. The molecule has 3 aliphatic rings. The summed E-state index contributed by atoms with van der Waals surface area (Å²) in [5.41, 5.74) is 1.04. The molecular formula is C28H44N4O4. The van der Waals surface area contributed by atoms with Crippen molar-refractivity contribution in [2.45, 2.75) is 77.0 Å². The second-order valence-corrected chi connectivity index (χ2v) is 11.1. The number of nitrogens with zero attached hydrogens (tertiary/aromatic N) is 2. The molecule has 4 rings (SSSR count). The van der Waals surface area contributed by atoms with Gasteiger partial charge >= 0.3 is 6.03 Å². The number of carbonyl (C=O) groups is 2. The molecular weight excluding hydrogens is 456 g/mol. The first-order valence-corrected chi connectivity index (χ1v) is 13.7. The highest BCUT2D eigenvalue weighted by Crippen LogP contribution is 2.32. The molecule has 8 heteroatoms. The van der Waals surface area contributed by atoms with E-state index in [9.17, 15) is 9.59 Å². The third kappa shape index (κ3) is 7.13. The molecule has 0 radical (unpaired) electrons. The van der Waals surface area contributed by atoms with Crippen molar-refractivity contribution >= 4 is 17.6 Å². The molecule has 0 unspecified atom stereocenters. The summed E-state index contributed by atoms with van der Waals surface area (Å²) in [6, 6.07) is 5.55. The van der Waals surface area contributed by atoms with Crippen molar-refractivity contribution in [2.75, 3.05) is 45.7 Å². The molecule has 200 valence electrons. The van der Waals surface area contributed by atoms with Crippen molar-refractivity contribution in [2.24, 2.45) is 11.8 Å². The van der Waals surface area contributed by atoms with Crippen LogP contribution in [0.25, 0.3) is 0 Å². The van der Waals surface area contributed by atoms with Crippen LogP contribution in [-0.2, 0) is 4.74 Å². The number of likely N-dealkylation sites (N-methyl/N-ethyl adjacent to an activating group) is 1. The molecule has 0 spiro atoms. The van der Waals surface area contributed by atoms with Crippen LogP contribution in [0.1, 0.15) is 69.2 Å². The standard InChI is InChI=1S/C28H44N4O4/c1-19-15-32(16-21-10-11-21)20(2)18-36-25-13-12-23(30-28(34)29-22-8-6-5-7-9-22)14-24(25)27(33)31(3)17-26(19)35-4/h12-14,19-22,26H,5-11,15-18H2,1-4H3,(H2,29,30,34)/t19-,20-,26-/m1/s1. The summed E-state index contributed by atoms with van der Waals surface area (Å²) in [6.45, 7) is 7.37. The maximum absolute atomic E-state index is 13.5. The number of benzene rings is 1. The van der Waals surface area contributed by atoms with Crippen molar-refractivity contribution in [3.63, 3.8) is 0 Å². The minimum atomic E-state index is -0.227. The largest absolute Gasteiger partial charge is 0.491 e. The zero-order valence-corrected chi connectivity index (χ0v) is 22.4. The summed E-state index contributed by atoms with van der Waals surface area (Å²) < 4.78 is 12.1. The van der Waals surface area contributed by atoms with Gasteiger partial charge in [-0.3, -0.25) is 9.69 Å². The highest BCUT2D eigenvalue weighted by Gasteiger charge is 2.31. The number of anilines is 1. The Kier molecular flexibility index (Phi) is 9.12. The Labute approximate surface area is 216 Å². The van der Waals surface area contributed by atoms with Crippen molar-refractivity contribution in [3.05, 3.63) is 23.8 Å². The fourth-order valence-electron chi connectivity index (χ4n) is 5.42. The van der Waals surface area contributed by atoms with Gasteiger partial charge in [0.2, 0.25) is 0 Å². The summed E-state index contributed by atoms with van der Waals surface area (Å²) >= 11 is 0. The van der Waals surface area contributed by atoms with Crippen molar-refractivity contribution < 1.29 is 19.1 Å². The van der Waals surface area contributed by atoms with E-state index in [1.54, 1.807) is 31.2 Å². The number of urea groups is 1. The van der Waals surface area contributed by atoms with Gasteiger partial charge in [0.25, 0.3) is 5.91 Å². The number of rotatable bonds is 5. The predicted octanol–water partition coefficient (Wildman–Crippen LogP) is 4.36. The van der Waals surface area contributed by atoms with Gasteiger partial charge in [-0.05, 0) is 62.6 Å². The Morgan fingerprint density at radius 1 is 1.11 bits per heavy atom. The summed E-state index contributed by atoms with van der Waals surface area (Å²) in [5, 5.41) is 6.00. The van der Waals surface area contributed by atoms with Crippen LogP contribution in [-0.4, -0.2) is 80.3 Å². The zero-order chi connectivity index (χ0) is 25.7. The van der Waals surface area contributed by atoms with Crippen molar-refractivity contribution in [1.29, 1.82) is 0 Å². The Hall–Kier alpha value is -2.32. The average molecular weight is 501 g/mol. The van der Waals surface area contributed by atoms with Crippen LogP contribution in [0.3, 0.4) is 0 Å². The van der Waals surface area contributed by atoms with Gasteiger partial charge in [-0.15, -0.1) is 0 Å². The van der Waals surface area contributed by atoms with Gasteiger partial charge in [0.15, 0.2) is 0 Å². The van der Waals surface area contributed by atoms with Gasteiger partial charge in [0, 0.05) is 51.6 Å². The number of amides is 3. The Bertz CT molecular complexity index is 900. The Morgan fingerprint density at radius 2 is 1.86 bits per heavy atom. The zero-order valence-electron chi connectivity index (χ0n) is 22.4. The van der Waals surface area contributed by atoms with Crippen LogP contribution >= 0.6 is 0 Å². The maximum atomic E-state index is 13.5. The molecule has 0 aromatic heterocycles. The van der Waals surface area contributed by atoms with E-state index in [-0.39, 0.29) is 36.0 Å². The molecule has 2 aliphatic carbocycles. The van der Waals surface area contributed by atoms with Gasteiger partial charge in [-0.1, -0.05) is 26.2 Å². The number of hydrogen-bond acceptors (Lipinski definition) is 5. The van der Waals surface area contributed by atoms with Crippen LogP contribution in [0, 0.1) is 11.8 Å². The van der Waals surface area contributed by atoms with Crippen molar-refractivity contribution in [1.82, 2.24) is 15.1 Å². The highest BCUT2D eigenvalue weighted by molar-refractivity contribution is 5.99. The van der Waals surface area contributed by atoms with Gasteiger partial charge in [0.05, 0.1) is 11.7 Å². The van der Waals surface area contributed by atoms with Crippen LogP contribution in [0.4, 0.5) is 10.5 Å². The first kappa shape index (κ1) is 26.7. The molecule has 8 nitrogen and oxygen atoms in total. The van der Waals surface area contributed by atoms with E-state index >= 15 is 0 Å². The van der Waals surface area contributed by atoms with Gasteiger partial charge in [-0.2, -0.15) is 0 Å². The maximum Gasteiger partial charge on any atom is 0.319 e. The fraction of sp³-hybridized carbons (Fsp3) is 0.714. The molecule has 3 atom stereocenters. The summed E-state index contributed by atoms with van der Waals surface area (Å²) in [6.07, 6.45) is 8.11. The van der Waals surface area contributed by atoms with Crippen LogP contribution in [0.5, 0.6) is 5.75 Å². The molecule has 3 amide bonds. The third-order valence-corrected chi connectivity index (χ3v) is 7.96. The molecule has 1 heterocycles. The van der Waals surface area contributed by atoms with Crippen LogP contribution in [0.15, 0.2) is 18.2 Å². The molecule has 36 heavy (non-hydrogen) atoms. The molecule has 2 saturated carbocycles. The SMILES string of the molecule is CO[C@@H]1CN(C)C(=O)c2cc(NC(=O)NC3CCCCC3)ccc2OC[C@@H](C)N(CC2CC2)C[C@H]1C. The number of carbonyl (C=O) groups excluding carboxylic acids is 2. The average Bonchev–Trinajstić information content (AvgIpc) is 3.69. The molecule has 2 fully saturated rings. The molecule has 1 aromatic carbocycles. The predicted molar refractivity (Wildman–Crippen MR) is 142 cm³/mol. The number of fused-ring (bicyclic) bond motifs is 1. The van der Waals surface area contributed by atoms with Crippen LogP contribution < -0.4 is 15.4 Å². The third-order valence-electron chi connectivity index (χ3n) is 7.96. The fourth-order valence-corrected chi connectivity index (χ4v) is 5.42. The van der Waals surface area contributed by atoms with Gasteiger partial charge in [0.1, 0.15) is 12.4 Å². The minimum absolute atomic E-state index is 0.0702. The number of nitrogens with one attached hydrogen (secondary N) is 2. The summed E-state index contributed by atoms with van der Waals surface area (Å²) in [7, 11) is 3.53. The lowest BCUT2D eigenvalue weighted by molar-refractivity contribution is 0.00994.